The van der Waals surface area contributed by atoms with Crippen molar-refractivity contribution in [1.29, 1.82) is 0 Å². The second kappa shape index (κ2) is 7.76. The molecule has 4 rings (SSSR count). The molecule has 0 radical (unpaired) electrons. The van der Waals surface area contributed by atoms with Gasteiger partial charge in [-0.15, -0.1) is 0 Å². The lowest BCUT2D eigenvalue weighted by Gasteiger charge is -2.36. The van der Waals surface area contributed by atoms with E-state index in [4.69, 9.17) is 26.4 Å². The Morgan fingerprint density at radius 3 is 2.80 bits per heavy atom. The van der Waals surface area contributed by atoms with Crippen molar-refractivity contribution in [3.63, 3.8) is 0 Å². The molecule has 7 heteroatoms. The lowest BCUT2D eigenvalue weighted by molar-refractivity contribution is 0.112. The van der Waals surface area contributed by atoms with Crippen LogP contribution in [-0.2, 0) is 11.3 Å². The number of nitrogens with zero attached hydrogens (tertiary/aromatic N) is 2. The highest BCUT2D eigenvalue weighted by Crippen LogP contribution is 2.32. The standard InChI is InChI=1S/C18H25N3O3S/c25-18(19-11-15-2-1-9-22-15)21-7-5-20(6-8-21)12-14-3-4-16-17(10-14)24-13-23-16/h3-4,10,15H,1-2,5-9,11-13H2,(H,19,25)/t15-/m0/s1. The Balaban J connectivity index is 1.22. The van der Waals surface area contributed by atoms with Crippen LogP contribution in [0.5, 0.6) is 11.5 Å². The first-order valence-electron chi connectivity index (χ1n) is 9.03. The van der Waals surface area contributed by atoms with Gasteiger partial charge in [0.05, 0.1) is 6.10 Å². The van der Waals surface area contributed by atoms with Gasteiger partial charge in [0.25, 0.3) is 0 Å². The first kappa shape index (κ1) is 16.9. The van der Waals surface area contributed by atoms with E-state index in [0.717, 1.165) is 75.3 Å². The lowest BCUT2D eigenvalue weighted by atomic mass is 10.1. The summed E-state index contributed by atoms with van der Waals surface area (Å²) in [7, 11) is 0. The SMILES string of the molecule is S=C(NC[C@@H]1CCCO1)N1CCN(Cc2ccc3c(c2)OCO3)CC1. The van der Waals surface area contributed by atoms with Crippen molar-refractivity contribution in [3.05, 3.63) is 23.8 Å². The fourth-order valence-corrected chi connectivity index (χ4v) is 3.79. The van der Waals surface area contributed by atoms with Gasteiger partial charge in [0.1, 0.15) is 0 Å². The van der Waals surface area contributed by atoms with Crippen LogP contribution in [0.1, 0.15) is 18.4 Å². The molecule has 0 bridgehead atoms. The van der Waals surface area contributed by atoms with Crippen LogP contribution in [0.15, 0.2) is 18.2 Å². The molecule has 6 nitrogen and oxygen atoms in total. The largest absolute Gasteiger partial charge is 0.454 e. The van der Waals surface area contributed by atoms with E-state index in [1.807, 2.05) is 6.07 Å². The summed E-state index contributed by atoms with van der Waals surface area (Å²) in [5.74, 6) is 1.70. The van der Waals surface area contributed by atoms with E-state index in [-0.39, 0.29) is 0 Å². The van der Waals surface area contributed by atoms with Crippen molar-refractivity contribution in [2.45, 2.75) is 25.5 Å². The summed E-state index contributed by atoms with van der Waals surface area (Å²) in [5, 5.41) is 4.23. The molecule has 3 aliphatic rings. The molecule has 1 atom stereocenters. The van der Waals surface area contributed by atoms with Crippen LogP contribution >= 0.6 is 12.2 Å². The molecule has 1 aromatic rings. The highest BCUT2D eigenvalue weighted by atomic mass is 32.1. The molecule has 2 fully saturated rings. The number of piperazine rings is 1. The quantitative estimate of drug-likeness (QED) is 0.815. The van der Waals surface area contributed by atoms with Crippen LogP contribution in [0.2, 0.25) is 0 Å². The summed E-state index contributed by atoms with van der Waals surface area (Å²) < 4.78 is 16.5. The zero-order valence-corrected chi connectivity index (χ0v) is 15.2. The van der Waals surface area contributed by atoms with Gasteiger partial charge in [-0.1, -0.05) is 6.07 Å². The summed E-state index contributed by atoms with van der Waals surface area (Å²) >= 11 is 5.54. The zero-order valence-electron chi connectivity index (χ0n) is 14.4. The molecule has 0 amide bonds. The number of thiocarbonyl (C=S) groups is 1. The highest BCUT2D eigenvalue weighted by Gasteiger charge is 2.21. The summed E-state index contributed by atoms with van der Waals surface area (Å²) in [6.07, 6.45) is 2.63. The second-order valence-electron chi connectivity index (χ2n) is 6.77. The van der Waals surface area contributed by atoms with Crippen molar-refractivity contribution < 1.29 is 14.2 Å². The van der Waals surface area contributed by atoms with E-state index in [1.54, 1.807) is 0 Å². The Bertz CT molecular complexity index is 614. The van der Waals surface area contributed by atoms with Gasteiger partial charge in [-0.25, -0.2) is 0 Å². The topological polar surface area (TPSA) is 46.2 Å². The van der Waals surface area contributed by atoms with E-state index >= 15 is 0 Å². The molecule has 0 aliphatic carbocycles. The Morgan fingerprint density at radius 1 is 1.16 bits per heavy atom. The maximum atomic E-state index is 5.64. The normalized spacial score (nSPS) is 23.0. The summed E-state index contributed by atoms with van der Waals surface area (Å²) in [6, 6.07) is 6.20. The Hall–Kier alpha value is -1.57. The fraction of sp³-hybridized carbons (Fsp3) is 0.611. The molecular weight excluding hydrogens is 338 g/mol. The smallest absolute Gasteiger partial charge is 0.231 e. The van der Waals surface area contributed by atoms with Crippen molar-refractivity contribution in [2.75, 3.05) is 46.1 Å². The summed E-state index contributed by atoms with van der Waals surface area (Å²) in [5.41, 5.74) is 1.26. The molecule has 3 aliphatic heterocycles. The average molecular weight is 363 g/mol. The third-order valence-corrected chi connectivity index (χ3v) is 5.41. The van der Waals surface area contributed by atoms with Crippen LogP contribution in [0.3, 0.4) is 0 Å². The Morgan fingerprint density at radius 2 is 2.00 bits per heavy atom. The molecule has 3 heterocycles. The van der Waals surface area contributed by atoms with Crippen LogP contribution < -0.4 is 14.8 Å². The second-order valence-corrected chi connectivity index (χ2v) is 7.16. The lowest BCUT2D eigenvalue weighted by Crippen LogP contribution is -2.52. The predicted molar refractivity (Wildman–Crippen MR) is 99.0 cm³/mol. The van der Waals surface area contributed by atoms with E-state index in [1.165, 1.54) is 5.56 Å². The van der Waals surface area contributed by atoms with Crippen molar-refractivity contribution >= 4 is 17.3 Å². The third kappa shape index (κ3) is 4.16. The monoisotopic (exact) mass is 363 g/mol. The van der Waals surface area contributed by atoms with Crippen LogP contribution in [0.25, 0.3) is 0 Å². The fourth-order valence-electron chi connectivity index (χ4n) is 3.52. The number of hydrogen-bond donors (Lipinski definition) is 1. The minimum absolute atomic E-state index is 0.324. The van der Waals surface area contributed by atoms with Gasteiger partial charge in [-0.05, 0) is 42.8 Å². The molecule has 25 heavy (non-hydrogen) atoms. The third-order valence-electron chi connectivity index (χ3n) is 5.01. The highest BCUT2D eigenvalue weighted by molar-refractivity contribution is 7.80. The molecule has 0 spiro atoms. The Kier molecular flexibility index (Phi) is 5.24. The summed E-state index contributed by atoms with van der Waals surface area (Å²) in [6.45, 7) is 6.92. The van der Waals surface area contributed by atoms with E-state index in [2.05, 4.69) is 27.2 Å². The molecule has 1 N–H and O–H groups in total. The number of fused-ring (bicyclic) bond motifs is 1. The van der Waals surface area contributed by atoms with Crippen molar-refractivity contribution in [1.82, 2.24) is 15.1 Å². The number of rotatable bonds is 4. The number of nitrogens with one attached hydrogen (secondary N) is 1. The molecule has 1 aromatic carbocycles. The van der Waals surface area contributed by atoms with Crippen molar-refractivity contribution in [3.8, 4) is 11.5 Å². The van der Waals surface area contributed by atoms with Gasteiger partial charge in [0, 0.05) is 45.9 Å². The maximum Gasteiger partial charge on any atom is 0.231 e. The minimum atomic E-state index is 0.324. The van der Waals surface area contributed by atoms with Crippen LogP contribution in [0.4, 0.5) is 0 Å². The first-order chi connectivity index (χ1) is 12.3. The predicted octanol–water partition coefficient (Wildman–Crippen LogP) is 1.59. The van der Waals surface area contributed by atoms with Crippen molar-refractivity contribution in [2.24, 2.45) is 0 Å². The number of hydrogen-bond acceptors (Lipinski definition) is 5. The van der Waals surface area contributed by atoms with Crippen LogP contribution in [0, 0.1) is 0 Å². The van der Waals surface area contributed by atoms with E-state index < -0.39 is 0 Å². The van der Waals surface area contributed by atoms with Gasteiger partial charge in [-0.2, -0.15) is 0 Å². The number of benzene rings is 1. The minimum Gasteiger partial charge on any atom is -0.454 e. The molecule has 136 valence electrons. The van der Waals surface area contributed by atoms with Gasteiger partial charge in [-0.3, -0.25) is 4.90 Å². The van der Waals surface area contributed by atoms with E-state index in [9.17, 15) is 0 Å². The van der Waals surface area contributed by atoms with Gasteiger partial charge < -0.3 is 24.4 Å². The molecule has 0 aromatic heterocycles. The first-order valence-corrected chi connectivity index (χ1v) is 9.44. The van der Waals surface area contributed by atoms with Gasteiger partial charge in [0.2, 0.25) is 6.79 Å². The molecular formula is C18H25N3O3S. The van der Waals surface area contributed by atoms with Crippen LogP contribution in [-0.4, -0.2) is 67.1 Å². The number of ether oxygens (including phenoxy) is 3. The van der Waals surface area contributed by atoms with E-state index in [0.29, 0.717) is 12.9 Å². The maximum absolute atomic E-state index is 5.64. The van der Waals surface area contributed by atoms with Gasteiger partial charge >= 0.3 is 0 Å². The molecule has 2 saturated heterocycles. The Labute approximate surface area is 154 Å². The van der Waals surface area contributed by atoms with Gasteiger partial charge in [0.15, 0.2) is 16.6 Å². The molecule has 0 unspecified atom stereocenters. The zero-order chi connectivity index (χ0) is 17.1. The molecule has 0 saturated carbocycles. The average Bonchev–Trinajstić information content (AvgIpc) is 3.31. The summed E-state index contributed by atoms with van der Waals surface area (Å²) in [4.78, 5) is 4.72.